The summed E-state index contributed by atoms with van der Waals surface area (Å²) in [5.74, 6) is -3.56. The second-order valence-electron chi connectivity index (χ2n) is 7.01. The minimum Gasteiger partial charge on any atom is -0.493 e. The number of urea groups is 1. The fourth-order valence-corrected chi connectivity index (χ4v) is 3.29. The third-order valence-electron chi connectivity index (χ3n) is 5.02. The van der Waals surface area contributed by atoms with E-state index in [9.17, 15) is 31.9 Å². The molecular weight excluding hydrogens is 450 g/mol. The number of carbonyl (C=O) groups excluding carboxylic acids is 3. The van der Waals surface area contributed by atoms with Gasteiger partial charge in [0, 0.05) is 6.54 Å². The predicted molar refractivity (Wildman–Crippen MR) is 106 cm³/mol. The van der Waals surface area contributed by atoms with Gasteiger partial charge in [-0.2, -0.15) is 13.2 Å². The van der Waals surface area contributed by atoms with Crippen LogP contribution in [0.2, 0.25) is 0 Å². The molecule has 3 rings (SSSR count). The number of imide groups is 1. The van der Waals surface area contributed by atoms with Gasteiger partial charge >= 0.3 is 12.2 Å². The Hall–Kier alpha value is -3.83. The monoisotopic (exact) mass is 469 g/mol. The summed E-state index contributed by atoms with van der Waals surface area (Å²) < 4.78 is 65.9. The summed E-state index contributed by atoms with van der Waals surface area (Å²) in [5, 5.41) is 2.99. The SMILES string of the molecule is COc1ccc(CCN2C(=O)N[C@](NC(=O)c3ccccc3F)(C(F)(F)F)C2=O)cc1OC. The lowest BCUT2D eigenvalue weighted by molar-refractivity contribution is -0.200. The van der Waals surface area contributed by atoms with Crippen LogP contribution in [0.3, 0.4) is 0 Å². The van der Waals surface area contributed by atoms with E-state index in [0.29, 0.717) is 22.0 Å². The Bertz CT molecular complexity index is 1090. The molecule has 0 aromatic heterocycles. The van der Waals surface area contributed by atoms with E-state index < -0.39 is 47.6 Å². The van der Waals surface area contributed by atoms with Crippen molar-refractivity contribution in [2.75, 3.05) is 20.8 Å². The average Bonchev–Trinajstić information content (AvgIpc) is 3.02. The van der Waals surface area contributed by atoms with Crippen LogP contribution >= 0.6 is 0 Å². The molecule has 1 fully saturated rings. The Labute approximate surface area is 185 Å². The van der Waals surface area contributed by atoms with Gasteiger partial charge in [-0.1, -0.05) is 18.2 Å². The molecule has 0 radical (unpaired) electrons. The molecule has 0 unspecified atom stereocenters. The number of nitrogens with one attached hydrogen (secondary N) is 2. The van der Waals surface area contributed by atoms with Gasteiger partial charge in [0.1, 0.15) is 5.82 Å². The van der Waals surface area contributed by atoms with Gasteiger partial charge < -0.3 is 14.8 Å². The summed E-state index contributed by atoms with van der Waals surface area (Å²) in [5.41, 5.74) is -3.90. The first-order chi connectivity index (χ1) is 15.5. The number of rotatable bonds is 7. The number of nitrogens with zero attached hydrogens (tertiary/aromatic N) is 1. The van der Waals surface area contributed by atoms with Crippen LogP contribution in [0.15, 0.2) is 42.5 Å². The molecule has 1 atom stereocenters. The Kier molecular flexibility index (Phi) is 6.47. The van der Waals surface area contributed by atoms with Crippen LogP contribution in [0.4, 0.5) is 22.4 Å². The van der Waals surface area contributed by atoms with E-state index in [1.165, 1.54) is 37.0 Å². The predicted octanol–water partition coefficient (Wildman–Crippen LogP) is 2.63. The summed E-state index contributed by atoms with van der Waals surface area (Å²) in [6.45, 7) is -0.423. The molecule has 2 N–H and O–H groups in total. The molecule has 12 heteroatoms. The molecule has 0 bridgehead atoms. The highest BCUT2D eigenvalue weighted by molar-refractivity contribution is 6.10. The number of hydrogen-bond acceptors (Lipinski definition) is 5. The first-order valence-electron chi connectivity index (χ1n) is 9.53. The summed E-state index contributed by atoms with van der Waals surface area (Å²) in [6, 6.07) is 7.66. The normalized spacial score (nSPS) is 18.2. The molecule has 8 nitrogen and oxygen atoms in total. The molecule has 0 saturated carbocycles. The Balaban J connectivity index is 1.84. The van der Waals surface area contributed by atoms with Crippen molar-refractivity contribution in [3.8, 4) is 11.5 Å². The van der Waals surface area contributed by atoms with E-state index in [4.69, 9.17) is 9.47 Å². The van der Waals surface area contributed by atoms with Crippen molar-refractivity contribution in [2.45, 2.75) is 18.3 Å². The summed E-state index contributed by atoms with van der Waals surface area (Å²) in [7, 11) is 2.83. The van der Waals surface area contributed by atoms with E-state index in [-0.39, 0.29) is 6.42 Å². The van der Waals surface area contributed by atoms with Crippen molar-refractivity contribution in [3.05, 3.63) is 59.4 Å². The lowest BCUT2D eigenvalue weighted by Crippen LogP contribution is -2.69. The van der Waals surface area contributed by atoms with Crippen molar-refractivity contribution >= 4 is 17.8 Å². The van der Waals surface area contributed by atoms with E-state index in [1.54, 1.807) is 18.2 Å². The third kappa shape index (κ3) is 4.41. The van der Waals surface area contributed by atoms with Crippen LogP contribution in [-0.2, 0) is 11.2 Å². The molecule has 1 saturated heterocycles. The van der Waals surface area contributed by atoms with Crippen LogP contribution in [0.25, 0.3) is 0 Å². The smallest absolute Gasteiger partial charge is 0.440 e. The van der Waals surface area contributed by atoms with Gasteiger partial charge in [0.2, 0.25) is 0 Å². The van der Waals surface area contributed by atoms with Crippen LogP contribution in [-0.4, -0.2) is 55.3 Å². The highest BCUT2D eigenvalue weighted by Gasteiger charge is 2.68. The largest absolute Gasteiger partial charge is 0.493 e. The Morgan fingerprint density at radius 1 is 1.09 bits per heavy atom. The van der Waals surface area contributed by atoms with Crippen LogP contribution < -0.4 is 20.1 Å². The van der Waals surface area contributed by atoms with Gasteiger partial charge in [-0.3, -0.25) is 19.8 Å². The number of methoxy groups -OCH3 is 2. The molecule has 1 aliphatic rings. The molecule has 1 heterocycles. The fourth-order valence-electron chi connectivity index (χ4n) is 3.29. The zero-order chi connectivity index (χ0) is 24.4. The van der Waals surface area contributed by atoms with Crippen molar-refractivity contribution in [2.24, 2.45) is 0 Å². The molecule has 4 amide bonds. The number of hydrogen-bond donors (Lipinski definition) is 2. The van der Waals surface area contributed by atoms with Crippen molar-refractivity contribution in [1.82, 2.24) is 15.5 Å². The summed E-state index contributed by atoms with van der Waals surface area (Å²) in [4.78, 5) is 37.7. The second kappa shape index (κ2) is 8.96. The molecule has 2 aromatic carbocycles. The van der Waals surface area contributed by atoms with Gasteiger partial charge in [-0.05, 0) is 36.2 Å². The molecule has 33 heavy (non-hydrogen) atoms. The van der Waals surface area contributed by atoms with Gasteiger partial charge in [0.25, 0.3) is 17.5 Å². The minimum absolute atomic E-state index is 0.00525. The topological polar surface area (TPSA) is 97.0 Å². The van der Waals surface area contributed by atoms with Gasteiger partial charge in [0.15, 0.2) is 11.5 Å². The summed E-state index contributed by atoms with van der Waals surface area (Å²) in [6.07, 6.45) is -5.41. The van der Waals surface area contributed by atoms with Gasteiger partial charge in [-0.25, -0.2) is 9.18 Å². The third-order valence-corrected chi connectivity index (χ3v) is 5.02. The molecule has 1 aliphatic heterocycles. The van der Waals surface area contributed by atoms with Crippen LogP contribution in [0.5, 0.6) is 11.5 Å². The zero-order valence-electron chi connectivity index (χ0n) is 17.5. The first-order valence-corrected chi connectivity index (χ1v) is 9.53. The van der Waals surface area contributed by atoms with E-state index >= 15 is 0 Å². The number of ether oxygens (including phenoxy) is 2. The maximum Gasteiger partial charge on any atom is 0.440 e. The number of halogens is 4. The average molecular weight is 469 g/mol. The van der Waals surface area contributed by atoms with E-state index in [1.807, 2.05) is 0 Å². The van der Waals surface area contributed by atoms with E-state index in [2.05, 4.69) is 0 Å². The minimum atomic E-state index is -5.40. The quantitative estimate of drug-likeness (QED) is 0.480. The fraction of sp³-hybridized carbons (Fsp3) is 0.286. The second-order valence-corrected chi connectivity index (χ2v) is 7.01. The van der Waals surface area contributed by atoms with Crippen molar-refractivity contribution in [1.29, 1.82) is 0 Å². The van der Waals surface area contributed by atoms with Crippen molar-refractivity contribution < 1.29 is 41.4 Å². The van der Waals surface area contributed by atoms with E-state index in [0.717, 1.165) is 12.1 Å². The number of alkyl halides is 3. The van der Waals surface area contributed by atoms with Gasteiger partial charge in [0.05, 0.1) is 19.8 Å². The van der Waals surface area contributed by atoms with Gasteiger partial charge in [-0.15, -0.1) is 0 Å². The molecule has 2 aromatic rings. The maximum absolute atomic E-state index is 13.9. The molecule has 176 valence electrons. The highest BCUT2D eigenvalue weighted by atomic mass is 19.4. The highest BCUT2D eigenvalue weighted by Crippen LogP contribution is 2.34. The maximum atomic E-state index is 13.9. The zero-order valence-corrected chi connectivity index (χ0v) is 17.5. The Morgan fingerprint density at radius 2 is 1.76 bits per heavy atom. The molecule has 0 spiro atoms. The Morgan fingerprint density at radius 3 is 2.36 bits per heavy atom. The number of amides is 4. The van der Waals surface area contributed by atoms with Crippen LogP contribution in [0.1, 0.15) is 15.9 Å². The lowest BCUT2D eigenvalue weighted by Gasteiger charge is -2.30. The van der Waals surface area contributed by atoms with Crippen molar-refractivity contribution in [3.63, 3.8) is 0 Å². The lowest BCUT2D eigenvalue weighted by atomic mass is 10.1. The summed E-state index contributed by atoms with van der Waals surface area (Å²) >= 11 is 0. The first kappa shape index (κ1) is 23.8. The standard InChI is InChI=1S/C21H19F4N3O5/c1-32-15-8-7-12(11-16(15)33-2)9-10-28-18(30)20(21(23,24)25,27-19(28)31)26-17(29)13-5-3-4-6-14(13)22/h3-8,11H,9-10H2,1-2H3,(H,26,29)(H,27,31)/t20-/m0/s1. The molecular formula is C21H19F4N3O5. The molecule has 0 aliphatic carbocycles. The number of carbonyl (C=O) groups is 3. The number of benzene rings is 2. The van der Waals surface area contributed by atoms with Crippen LogP contribution in [0, 0.1) is 5.82 Å².